The molecule has 0 aliphatic heterocycles. The van der Waals surface area contributed by atoms with Gasteiger partial charge in [0.1, 0.15) is 5.75 Å². The van der Waals surface area contributed by atoms with Crippen LogP contribution in [0.3, 0.4) is 0 Å². The number of ether oxygens (including phenoxy) is 1. The summed E-state index contributed by atoms with van der Waals surface area (Å²) in [6.07, 6.45) is 2.19. The predicted octanol–water partition coefficient (Wildman–Crippen LogP) is 1.37. The number of nitrogens with one attached hydrogen (secondary N) is 2. The maximum absolute atomic E-state index is 12.5. The normalized spacial score (nSPS) is 16.5. The Labute approximate surface area is 133 Å². The van der Waals surface area contributed by atoms with E-state index in [0.29, 0.717) is 12.0 Å². The van der Waals surface area contributed by atoms with Crippen LogP contribution in [-0.2, 0) is 12.8 Å². The van der Waals surface area contributed by atoms with Crippen molar-refractivity contribution >= 4 is 5.91 Å². The minimum atomic E-state index is -0.207. The quantitative estimate of drug-likeness (QED) is 0.896. The van der Waals surface area contributed by atoms with Crippen molar-refractivity contribution in [2.24, 2.45) is 0 Å². The highest BCUT2D eigenvalue weighted by Gasteiger charge is 2.22. The highest BCUT2D eigenvalue weighted by molar-refractivity contribution is 5.96. The van der Waals surface area contributed by atoms with E-state index in [4.69, 9.17) is 4.74 Å². The zero-order valence-electron chi connectivity index (χ0n) is 13.2. The fourth-order valence-electron chi connectivity index (χ4n) is 2.94. The van der Waals surface area contributed by atoms with Crippen molar-refractivity contribution in [3.05, 3.63) is 57.0 Å². The van der Waals surface area contributed by atoms with Gasteiger partial charge >= 0.3 is 0 Å². The minimum Gasteiger partial charge on any atom is -0.497 e. The van der Waals surface area contributed by atoms with Gasteiger partial charge in [-0.2, -0.15) is 5.10 Å². The second-order valence-corrected chi connectivity index (χ2v) is 5.80. The molecule has 0 radical (unpaired) electrons. The summed E-state index contributed by atoms with van der Waals surface area (Å²) in [7, 11) is 1.60. The summed E-state index contributed by atoms with van der Waals surface area (Å²) in [6, 6.07) is 6.97. The van der Waals surface area contributed by atoms with E-state index in [-0.39, 0.29) is 17.5 Å². The van der Waals surface area contributed by atoms with Crippen LogP contribution in [0, 0.1) is 6.92 Å². The number of hydrogen-bond donors (Lipinski definition) is 2. The van der Waals surface area contributed by atoms with Gasteiger partial charge in [0.25, 0.3) is 11.5 Å². The standard InChI is InChI=1S/C17H19N3O3/c1-10-7-13(23-2)4-5-14(10)17(22)18-12-3-6-15-11(8-12)9-16(21)20-19-15/h4-5,7,9,12H,3,6,8H2,1-2H3,(H,18,22)(H,20,21)/t12-/m1/s1. The highest BCUT2D eigenvalue weighted by atomic mass is 16.5. The maximum atomic E-state index is 12.5. The molecule has 1 aliphatic carbocycles. The number of H-pyrrole nitrogens is 1. The predicted molar refractivity (Wildman–Crippen MR) is 85.9 cm³/mol. The molecule has 120 valence electrons. The van der Waals surface area contributed by atoms with E-state index < -0.39 is 0 Å². The Hall–Kier alpha value is -2.63. The van der Waals surface area contributed by atoms with E-state index in [1.807, 2.05) is 13.0 Å². The lowest BCUT2D eigenvalue weighted by atomic mass is 9.92. The first kappa shape index (κ1) is 15.3. The van der Waals surface area contributed by atoms with Crippen molar-refractivity contribution in [2.45, 2.75) is 32.2 Å². The van der Waals surface area contributed by atoms with E-state index in [1.54, 1.807) is 25.3 Å². The summed E-state index contributed by atoms with van der Waals surface area (Å²) in [4.78, 5) is 23.9. The molecule has 0 saturated heterocycles. The summed E-state index contributed by atoms with van der Waals surface area (Å²) in [6.45, 7) is 1.89. The molecule has 2 N–H and O–H groups in total. The van der Waals surface area contributed by atoms with Crippen LogP contribution in [0.2, 0.25) is 0 Å². The maximum Gasteiger partial charge on any atom is 0.264 e. The van der Waals surface area contributed by atoms with Crippen LogP contribution in [0.5, 0.6) is 5.75 Å². The molecule has 6 nitrogen and oxygen atoms in total. The lowest BCUT2D eigenvalue weighted by Gasteiger charge is -2.24. The fraction of sp³-hybridized carbons (Fsp3) is 0.353. The molecule has 1 aromatic heterocycles. The summed E-state index contributed by atoms with van der Waals surface area (Å²) < 4.78 is 5.16. The van der Waals surface area contributed by atoms with Gasteiger partial charge in [0.15, 0.2) is 0 Å². The number of fused-ring (bicyclic) bond motifs is 1. The Kier molecular flexibility index (Phi) is 4.14. The van der Waals surface area contributed by atoms with E-state index in [2.05, 4.69) is 15.5 Å². The summed E-state index contributed by atoms with van der Waals surface area (Å²) >= 11 is 0. The molecule has 0 spiro atoms. The number of rotatable bonds is 3. The van der Waals surface area contributed by atoms with Gasteiger partial charge in [-0.15, -0.1) is 0 Å². The molecule has 0 fully saturated rings. The SMILES string of the molecule is COc1ccc(C(=O)N[C@@H]2CCc3n[nH]c(=O)cc3C2)c(C)c1. The number of methoxy groups -OCH3 is 1. The topological polar surface area (TPSA) is 84.1 Å². The zero-order valence-corrected chi connectivity index (χ0v) is 13.2. The number of aromatic amines is 1. The fourth-order valence-corrected chi connectivity index (χ4v) is 2.94. The van der Waals surface area contributed by atoms with E-state index in [1.165, 1.54) is 0 Å². The van der Waals surface area contributed by atoms with Crippen molar-refractivity contribution in [3.63, 3.8) is 0 Å². The van der Waals surface area contributed by atoms with Gasteiger partial charge in [0.2, 0.25) is 0 Å². The summed E-state index contributed by atoms with van der Waals surface area (Å²) in [5.74, 6) is 0.632. The van der Waals surface area contributed by atoms with Crippen molar-refractivity contribution < 1.29 is 9.53 Å². The molecular formula is C17H19N3O3. The van der Waals surface area contributed by atoms with Gasteiger partial charge in [0.05, 0.1) is 12.8 Å². The monoisotopic (exact) mass is 313 g/mol. The van der Waals surface area contributed by atoms with Gasteiger partial charge in [0, 0.05) is 17.7 Å². The Balaban J connectivity index is 1.73. The second kappa shape index (κ2) is 6.24. The number of aromatic nitrogens is 2. The summed E-state index contributed by atoms with van der Waals surface area (Å²) in [5.41, 5.74) is 3.13. The van der Waals surface area contributed by atoms with Gasteiger partial charge in [-0.1, -0.05) is 0 Å². The van der Waals surface area contributed by atoms with Crippen molar-refractivity contribution in [1.82, 2.24) is 15.5 Å². The Morgan fingerprint density at radius 3 is 2.96 bits per heavy atom. The highest BCUT2D eigenvalue weighted by Crippen LogP contribution is 2.20. The van der Waals surface area contributed by atoms with Crippen molar-refractivity contribution in [2.75, 3.05) is 7.11 Å². The van der Waals surface area contributed by atoms with Gasteiger partial charge in [-0.05, 0) is 55.5 Å². The molecule has 1 aliphatic rings. The van der Waals surface area contributed by atoms with Crippen LogP contribution in [-0.4, -0.2) is 29.3 Å². The average molecular weight is 313 g/mol. The molecule has 0 bridgehead atoms. The molecule has 0 unspecified atom stereocenters. The third kappa shape index (κ3) is 3.26. The smallest absolute Gasteiger partial charge is 0.264 e. The first-order chi connectivity index (χ1) is 11.1. The van der Waals surface area contributed by atoms with Crippen molar-refractivity contribution in [3.8, 4) is 5.75 Å². The van der Waals surface area contributed by atoms with Gasteiger partial charge in [-0.25, -0.2) is 5.10 Å². The molecular weight excluding hydrogens is 294 g/mol. The molecule has 0 saturated carbocycles. The Bertz CT molecular complexity index is 798. The lowest BCUT2D eigenvalue weighted by molar-refractivity contribution is 0.0933. The van der Waals surface area contributed by atoms with E-state index >= 15 is 0 Å². The molecule has 23 heavy (non-hydrogen) atoms. The molecule has 1 atom stereocenters. The van der Waals surface area contributed by atoms with Crippen molar-refractivity contribution in [1.29, 1.82) is 0 Å². The van der Waals surface area contributed by atoms with Crippen LogP contribution in [0.15, 0.2) is 29.1 Å². The van der Waals surface area contributed by atoms with Crippen LogP contribution in [0.25, 0.3) is 0 Å². The lowest BCUT2D eigenvalue weighted by Crippen LogP contribution is -2.39. The number of aryl methyl sites for hydroxylation is 2. The first-order valence-corrected chi connectivity index (χ1v) is 7.60. The number of hydrogen-bond acceptors (Lipinski definition) is 4. The minimum absolute atomic E-state index is 0.0140. The zero-order chi connectivity index (χ0) is 16.4. The third-order valence-corrected chi connectivity index (χ3v) is 4.19. The first-order valence-electron chi connectivity index (χ1n) is 7.60. The third-order valence-electron chi connectivity index (χ3n) is 4.19. The largest absolute Gasteiger partial charge is 0.497 e. The Morgan fingerprint density at radius 1 is 1.39 bits per heavy atom. The molecule has 1 aromatic carbocycles. The number of carbonyl (C=O) groups is 1. The molecule has 1 amide bonds. The van der Waals surface area contributed by atoms with Gasteiger partial charge in [-0.3, -0.25) is 9.59 Å². The summed E-state index contributed by atoms with van der Waals surface area (Å²) in [5, 5.41) is 9.57. The van der Waals surface area contributed by atoms with Gasteiger partial charge < -0.3 is 10.1 Å². The number of benzene rings is 1. The van der Waals surface area contributed by atoms with Crippen LogP contribution in [0.4, 0.5) is 0 Å². The molecule has 6 heteroatoms. The van der Waals surface area contributed by atoms with E-state index in [0.717, 1.165) is 35.4 Å². The average Bonchev–Trinajstić information content (AvgIpc) is 2.54. The molecule has 2 aromatic rings. The number of amides is 1. The van der Waals surface area contributed by atoms with Crippen LogP contribution >= 0.6 is 0 Å². The van der Waals surface area contributed by atoms with E-state index in [9.17, 15) is 9.59 Å². The van der Waals surface area contributed by atoms with Crippen LogP contribution < -0.4 is 15.6 Å². The second-order valence-electron chi connectivity index (χ2n) is 5.80. The van der Waals surface area contributed by atoms with Crippen LogP contribution in [0.1, 0.15) is 33.6 Å². The number of carbonyl (C=O) groups excluding carboxylic acids is 1. The Morgan fingerprint density at radius 2 is 2.22 bits per heavy atom. The molecule has 1 heterocycles. The molecule has 3 rings (SSSR count). The number of nitrogens with zero attached hydrogens (tertiary/aromatic N) is 1.